The first kappa shape index (κ1) is 15.6. The fourth-order valence-electron chi connectivity index (χ4n) is 1.38. The van der Waals surface area contributed by atoms with Gasteiger partial charge < -0.3 is 9.84 Å². The molecule has 108 valence electrons. The van der Waals surface area contributed by atoms with Gasteiger partial charge in [0.05, 0.1) is 11.8 Å². The number of nitrogens with zero attached hydrogens (tertiary/aromatic N) is 1. The van der Waals surface area contributed by atoms with Crippen molar-refractivity contribution in [1.29, 1.82) is 0 Å². The van der Waals surface area contributed by atoms with Crippen molar-refractivity contribution in [3.8, 4) is 0 Å². The number of aryl methyl sites for hydroxylation is 1. The Morgan fingerprint density at radius 2 is 2.21 bits per heavy atom. The summed E-state index contributed by atoms with van der Waals surface area (Å²) in [6, 6.07) is 0.690. The average Bonchev–Trinajstić information content (AvgIpc) is 2.71. The molecule has 0 aliphatic carbocycles. The van der Waals surface area contributed by atoms with E-state index in [9.17, 15) is 13.2 Å². The van der Waals surface area contributed by atoms with Crippen molar-refractivity contribution in [2.24, 2.45) is 0 Å². The highest BCUT2D eigenvalue weighted by Gasteiger charge is 2.20. The van der Waals surface area contributed by atoms with Crippen LogP contribution in [0.4, 0.5) is 5.82 Å². The van der Waals surface area contributed by atoms with Crippen LogP contribution in [0, 0.1) is 6.92 Å². The van der Waals surface area contributed by atoms with Crippen LogP contribution < -0.4 is 10.0 Å². The van der Waals surface area contributed by atoms with E-state index in [4.69, 9.17) is 4.52 Å². The van der Waals surface area contributed by atoms with Crippen molar-refractivity contribution in [3.05, 3.63) is 11.8 Å². The molecule has 8 heteroatoms. The van der Waals surface area contributed by atoms with E-state index < -0.39 is 22.0 Å². The molecule has 0 aliphatic rings. The second kappa shape index (κ2) is 6.67. The molecule has 0 fully saturated rings. The number of hydrogen-bond acceptors (Lipinski definition) is 5. The summed E-state index contributed by atoms with van der Waals surface area (Å²) in [4.78, 5) is 11.8. The van der Waals surface area contributed by atoms with Crippen LogP contribution in [0.5, 0.6) is 0 Å². The number of rotatable bonds is 7. The Morgan fingerprint density at radius 3 is 2.74 bits per heavy atom. The Hall–Kier alpha value is -1.41. The Balaban J connectivity index is 2.53. The molecule has 1 aromatic heterocycles. The first-order valence-corrected chi connectivity index (χ1v) is 7.73. The molecule has 0 aliphatic heterocycles. The van der Waals surface area contributed by atoms with E-state index >= 15 is 0 Å². The van der Waals surface area contributed by atoms with Crippen LogP contribution >= 0.6 is 0 Å². The van der Waals surface area contributed by atoms with Crippen molar-refractivity contribution >= 4 is 21.7 Å². The molecule has 0 unspecified atom stereocenters. The molecular formula is C11H19N3O4S. The molecule has 0 bridgehead atoms. The van der Waals surface area contributed by atoms with E-state index in [1.807, 2.05) is 6.92 Å². The van der Waals surface area contributed by atoms with Gasteiger partial charge in [0.2, 0.25) is 15.9 Å². The largest absolute Gasteiger partial charge is 0.360 e. The molecule has 7 nitrogen and oxygen atoms in total. The third-order valence-corrected chi connectivity index (χ3v) is 3.93. The maximum Gasteiger partial charge on any atom is 0.243 e. The molecule has 19 heavy (non-hydrogen) atoms. The number of anilines is 1. The van der Waals surface area contributed by atoms with E-state index in [2.05, 4.69) is 15.2 Å². The van der Waals surface area contributed by atoms with Gasteiger partial charge in [-0.2, -0.15) is 0 Å². The van der Waals surface area contributed by atoms with Gasteiger partial charge in [0.1, 0.15) is 5.76 Å². The van der Waals surface area contributed by atoms with Gasteiger partial charge >= 0.3 is 0 Å². The maximum absolute atomic E-state index is 11.8. The second-order valence-electron chi connectivity index (χ2n) is 4.32. The molecule has 0 aromatic carbocycles. The summed E-state index contributed by atoms with van der Waals surface area (Å²) in [6.45, 7) is 5.07. The average molecular weight is 289 g/mol. The van der Waals surface area contributed by atoms with Crippen molar-refractivity contribution in [1.82, 2.24) is 9.88 Å². The van der Waals surface area contributed by atoms with Gasteiger partial charge in [-0.1, -0.05) is 18.5 Å². The van der Waals surface area contributed by atoms with Crippen molar-refractivity contribution in [2.75, 3.05) is 11.1 Å². The van der Waals surface area contributed by atoms with Crippen LogP contribution in [0.25, 0.3) is 0 Å². The predicted octanol–water partition coefficient (Wildman–Crippen LogP) is 1.03. The quantitative estimate of drug-likeness (QED) is 0.780. The first-order chi connectivity index (χ1) is 8.84. The van der Waals surface area contributed by atoms with Gasteiger partial charge in [-0.15, -0.1) is 0 Å². The zero-order chi connectivity index (χ0) is 14.5. The van der Waals surface area contributed by atoms with Crippen LogP contribution in [0.2, 0.25) is 0 Å². The Bertz CT molecular complexity index is 524. The summed E-state index contributed by atoms with van der Waals surface area (Å²) in [5, 5.41) is 6.07. The minimum absolute atomic E-state index is 0.0180. The zero-order valence-corrected chi connectivity index (χ0v) is 12.1. The highest BCUT2D eigenvalue weighted by molar-refractivity contribution is 7.89. The Morgan fingerprint density at radius 1 is 1.53 bits per heavy atom. The first-order valence-electron chi connectivity index (χ1n) is 6.08. The van der Waals surface area contributed by atoms with Crippen LogP contribution in [0.3, 0.4) is 0 Å². The summed E-state index contributed by atoms with van der Waals surface area (Å²) in [7, 11) is -3.43. The number of carbonyl (C=O) groups is 1. The van der Waals surface area contributed by atoms with Crippen LogP contribution in [-0.2, 0) is 14.8 Å². The fourth-order valence-corrected chi connectivity index (χ4v) is 2.81. The highest BCUT2D eigenvalue weighted by Crippen LogP contribution is 2.07. The molecule has 2 N–H and O–H groups in total. The van der Waals surface area contributed by atoms with E-state index in [1.165, 1.54) is 6.92 Å². The lowest BCUT2D eigenvalue weighted by molar-refractivity contribution is -0.117. The smallest absolute Gasteiger partial charge is 0.243 e. The Kier molecular flexibility index (Phi) is 5.49. The highest BCUT2D eigenvalue weighted by atomic mass is 32.2. The molecule has 1 amide bonds. The number of nitrogens with one attached hydrogen (secondary N) is 2. The normalized spacial score (nSPS) is 13.2. The summed E-state index contributed by atoms with van der Waals surface area (Å²) in [5.74, 6) is 0.367. The lowest BCUT2D eigenvalue weighted by Gasteiger charge is -2.12. The summed E-state index contributed by atoms with van der Waals surface area (Å²) >= 11 is 0. The van der Waals surface area contributed by atoms with E-state index in [1.54, 1.807) is 13.0 Å². The van der Waals surface area contributed by atoms with Crippen molar-refractivity contribution < 1.29 is 17.7 Å². The number of carbonyl (C=O) groups excluding carboxylic acids is 1. The van der Waals surface area contributed by atoms with Gasteiger partial charge in [0.25, 0.3) is 0 Å². The molecule has 0 saturated heterocycles. The van der Waals surface area contributed by atoms with Gasteiger partial charge in [-0.05, 0) is 20.3 Å². The summed E-state index contributed by atoms with van der Waals surface area (Å²) < 4.78 is 30.4. The zero-order valence-electron chi connectivity index (χ0n) is 11.3. The number of amides is 1. The molecule has 0 radical (unpaired) electrons. The molecule has 1 atom stereocenters. The molecule has 0 spiro atoms. The van der Waals surface area contributed by atoms with E-state index in [0.717, 1.165) is 6.42 Å². The lowest BCUT2D eigenvalue weighted by Crippen LogP contribution is -2.42. The van der Waals surface area contributed by atoms with E-state index in [0.29, 0.717) is 12.2 Å². The number of aromatic nitrogens is 1. The topological polar surface area (TPSA) is 101 Å². The van der Waals surface area contributed by atoms with Gasteiger partial charge in [0, 0.05) is 6.07 Å². The lowest BCUT2D eigenvalue weighted by atomic mass is 10.3. The summed E-state index contributed by atoms with van der Waals surface area (Å²) in [5.41, 5.74) is 0. The van der Waals surface area contributed by atoms with E-state index in [-0.39, 0.29) is 11.6 Å². The Labute approximate surface area is 112 Å². The predicted molar refractivity (Wildman–Crippen MR) is 71.2 cm³/mol. The second-order valence-corrected chi connectivity index (χ2v) is 6.20. The maximum atomic E-state index is 11.8. The van der Waals surface area contributed by atoms with Crippen LogP contribution in [0.15, 0.2) is 10.6 Å². The fraction of sp³-hybridized carbons (Fsp3) is 0.636. The van der Waals surface area contributed by atoms with Crippen LogP contribution in [-0.4, -0.2) is 31.3 Å². The number of sulfonamides is 1. The summed E-state index contributed by atoms with van der Waals surface area (Å²) in [6.07, 6.45) is 1.34. The standard InChI is InChI=1S/C11H19N3O4S/c1-4-5-6-19(16,17)14-9(3)11(15)12-10-7-8(2)18-13-10/h7,9,14H,4-6H2,1-3H3,(H,12,13,15)/t9-/m0/s1. The van der Waals surface area contributed by atoms with Crippen molar-refractivity contribution in [2.45, 2.75) is 39.7 Å². The number of unbranched alkanes of at least 4 members (excludes halogenated alkanes) is 1. The van der Waals surface area contributed by atoms with Gasteiger partial charge in [-0.25, -0.2) is 13.1 Å². The van der Waals surface area contributed by atoms with Crippen LogP contribution in [0.1, 0.15) is 32.4 Å². The minimum Gasteiger partial charge on any atom is -0.360 e. The molecular weight excluding hydrogens is 270 g/mol. The monoisotopic (exact) mass is 289 g/mol. The molecule has 1 rings (SSSR count). The van der Waals surface area contributed by atoms with Crippen molar-refractivity contribution in [3.63, 3.8) is 0 Å². The number of hydrogen-bond donors (Lipinski definition) is 2. The van der Waals surface area contributed by atoms with Gasteiger partial charge in [-0.3, -0.25) is 4.79 Å². The minimum atomic E-state index is -3.43. The molecule has 0 saturated carbocycles. The molecule has 1 aromatic rings. The third kappa shape index (κ3) is 5.39. The SMILES string of the molecule is CCCCS(=O)(=O)N[C@@H](C)C(=O)Nc1cc(C)on1. The third-order valence-electron chi connectivity index (χ3n) is 2.40. The van der Waals surface area contributed by atoms with Gasteiger partial charge in [0.15, 0.2) is 5.82 Å². The molecule has 1 heterocycles.